The Kier molecular flexibility index (Phi) is 6.26. The number of aromatic amines is 1. The lowest BCUT2D eigenvalue weighted by Gasteiger charge is -2.14. The number of aromatic nitrogens is 5. The average molecular weight is 459 g/mol. The molecule has 0 amide bonds. The molecule has 4 rings (SSSR count). The Morgan fingerprint density at radius 1 is 1.25 bits per heavy atom. The molecule has 0 saturated heterocycles. The first-order valence-electron chi connectivity index (χ1n) is 10.1. The van der Waals surface area contributed by atoms with Crippen molar-refractivity contribution in [2.75, 3.05) is 13.2 Å². The number of carbonyl (C=O) groups excluding carboxylic acids is 1. The highest BCUT2D eigenvalue weighted by molar-refractivity contribution is 6.30. The zero-order valence-corrected chi connectivity index (χ0v) is 18.4. The SMILES string of the molecule is CC(C)[C@@H](N)C(=O)OCCOCn1cnc2c(=O)n3cc(-c4ccc(Cl)cc4)[nH]c3nc21. The van der Waals surface area contributed by atoms with Crippen LogP contribution in [0.5, 0.6) is 0 Å². The number of hydrogen-bond acceptors (Lipinski definition) is 7. The number of nitrogens with one attached hydrogen (secondary N) is 1. The summed E-state index contributed by atoms with van der Waals surface area (Å²) in [5.74, 6) is -0.0844. The standard InChI is InChI=1S/C21H23ClN6O4/c1-12(2)16(23)20(30)32-8-7-31-11-27-10-24-17-18(27)26-21-25-15(9-28(21)19(17)29)13-3-5-14(22)6-4-13/h3-6,9-10,12,16H,7-8,11,23H2,1-2H3,(H,25,26)/t16-/m1/s1. The van der Waals surface area contributed by atoms with E-state index in [1.165, 1.54) is 10.7 Å². The van der Waals surface area contributed by atoms with Crippen molar-refractivity contribution >= 4 is 34.5 Å². The van der Waals surface area contributed by atoms with Crippen molar-refractivity contribution in [3.8, 4) is 11.3 Å². The van der Waals surface area contributed by atoms with E-state index in [0.717, 1.165) is 11.3 Å². The number of halogens is 1. The molecule has 11 heteroatoms. The Hall–Kier alpha value is -3.21. The Labute approximate surface area is 187 Å². The van der Waals surface area contributed by atoms with Gasteiger partial charge in [-0.05, 0) is 23.6 Å². The minimum atomic E-state index is -0.661. The highest BCUT2D eigenvalue weighted by atomic mass is 35.5. The molecular weight excluding hydrogens is 436 g/mol. The van der Waals surface area contributed by atoms with E-state index in [1.807, 2.05) is 26.0 Å². The zero-order valence-electron chi connectivity index (χ0n) is 17.6. The van der Waals surface area contributed by atoms with E-state index in [1.54, 1.807) is 22.9 Å². The third-order valence-electron chi connectivity index (χ3n) is 5.02. The molecule has 0 fully saturated rings. The summed E-state index contributed by atoms with van der Waals surface area (Å²) in [5, 5.41) is 0.627. The van der Waals surface area contributed by atoms with Crippen LogP contribution in [0, 0.1) is 5.92 Å². The number of nitrogens with two attached hydrogens (primary N) is 1. The topological polar surface area (TPSA) is 130 Å². The third kappa shape index (κ3) is 4.38. The van der Waals surface area contributed by atoms with Gasteiger partial charge in [-0.15, -0.1) is 0 Å². The van der Waals surface area contributed by atoms with Crippen LogP contribution in [0.4, 0.5) is 0 Å². The van der Waals surface area contributed by atoms with Crippen LogP contribution in [0.3, 0.4) is 0 Å². The molecule has 0 spiro atoms. The van der Waals surface area contributed by atoms with Gasteiger partial charge in [-0.25, -0.2) is 9.38 Å². The zero-order chi connectivity index (χ0) is 22.8. The molecule has 0 bridgehead atoms. The van der Waals surface area contributed by atoms with Gasteiger partial charge in [0.1, 0.15) is 19.4 Å². The van der Waals surface area contributed by atoms with Crippen molar-refractivity contribution in [2.24, 2.45) is 11.7 Å². The van der Waals surface area contributed by atoms with Crippen LogP contribution >= 0.6 is 11.6 Å². The Morgan fingerprint density at radius 3 is 2.72 bits per heavy atom. The second kappa shape index (κ2) is 9.11. The number of rotatable bonds is 8. The average Bonchev–Trinajstić information content (AvgIpc) is 3.38. The first-order valence-corrected chi connectivity index (χ1v) is 10.4. The molecule has 168 valence electrons. The smallest absolute Gasteiger partial charge is 0.323 e. The van der Waals surface area contributed by atoms with E-state index in [4.69, 9.17) is 26.8 Å². The molecule has 3 heterocycles. The Balaban J connectivity index is 1.47. The molecule has 32 heavy (non-hydrogen) atoms. The number of hydrogen-bond donors (Lipinski definition) is 2. The van der Waals surface area contributed by atoms with Crippen LogP contribution in [0.25, 0.3) is 28.2 Å². The summed E-state index contributed by atoms with van der Waals surface area (Å²) in [4.78, 5) is 36.5. The van der Waals surface area contributed by atoms with Crippen LogP contribution in [0.2, 0.25) is 5.02 Å². The van der Waals surface area contributed by atoms with Crippen molar-refractivity contribution < 1.29 is 14.3 Å². The van der Waals surface area contributed by atoms with Crippen molar-refractivity contribution in [1.82, 2.24) is 23.9 Å². The van der Waals surface area contributed by atoms with E-state index in [9.17, 15) is 9.59 Å². The van der Waals surface area contributed by atoms with Gasteiger partial charge in [-0.2, -0.15) is 4.98 Å². The number of imidazole rings is 2. The minimum Gasteiger partial charge on any atom is -0.462 e. The van der Waals surface area contributed by atoms with Gasteiger partial charge in [-0.1, -0.05) is 37.6 Å². The molecule has 3 aromatic heterocycles. The maximum atomic E-state index is 12.9. The fourth-order valence-corrected chi connectivity index (χ4v) is 3.23. The predicted molar refractivity (Wildman–Crippen MR) is 119 cm³/mol. The molecule has 10 nitrogen and oxygen atoms in total. The molecule has 1 aromatic carbocycles. The van der Waals surface area contributed by atoms with Crippen LogP contribution in [-0.4, -0.2) is 49.1 Å². The van der Waals surface area contributed by atoms with Gasteiger partial charge in [0, 0.05) is 11.2 Å². The maximum Gasteiger partial charge on any atom is 0.323 e. The van der Waals surface area contributed by atoms with Crippen molar-refractivity contribution in [1.29, 1.82) is 0 Å². The monoisotopic (exact) mass is 458 g/mol. The second-order valence-electron chi connectivity index (χ2n) is 7.65. The largest absolute Gasteiger partial charge is 0.462 e. The van der Waals surface area contributed by atoms with E-state index in [-0.39, 0.29) is 36.9 Å². The number of fused-ring (bicyclic) bond motifs is 2. The van der Waals surface area contributed by atoms with Crippen LogP contribution in [0.15, 0.2) is 41.6 Å². The predicted octanol–water partition coefficient (Wildman–Crippen LogP) is 2.19. The summed E-state index contributed by atoms with van der Waals surface area (Å²) in [7, 11) is 0. The minimum absolute atomic E-state index is 0.00371. The number of benzene rings is 1. The van der Waals surface area contributed by atoms with E-state index < -0.39 is 12.0 Å². The van der Waals surface area contributed by atoms with E-state index >= 15 is 0 Å². The van der Waals surface area contributed by atoms with E-state index in [2.05, 4.69) is 15.0 Å². The molecule has 0 aliphatic heterocycles. The summed E-state index contributed by atoms with van der Waals surface area (Å²) in [6.45, 7) is 4.04. The lowest BCUT2D eigenvalue weighted by molar-refractivity contribution is -0.148. The van der Waals surface area contributed by atoms with E-state index in [0.29, 0.717) is 16.4 Å². The maximum absolute atomic E-state index is 12.9. The summed E-state index contributed by atoms with van der Waals surface area (Å²) >= 11 is 5.95. The first kappa shape index (κ1) is 22.0. The molecule has 0 aliphatic rings. The number of nitrogens with zero attached hydrogens (tertiary/aromatic N) is 4. The Morgan fingerprint density at radius 2 is 2.00 bits per heavy atom. The molecular formula is C21H23ClN6O4. The lowest BCUT2D eigenvalue weighted by Crippen LogP contribution is -2.37. The molecule has 0 saturated carbocycles. The lowest BCUT2D eigenvalue weighted by atomic mass is 10.1. The first-order chi connectivity index (χ1) is 15.3. The fourth-order valence-electron chi connectivity index (χ4n) is 3.10. The number of H-pyrrole nitrogens is 1. The van der Waals surface area contributed by atoms with Gasteiger partial charge in [0.2, 0.25) is 5.78 Å². The van der Waals surface area contributed by atoms with Gasteiger partial charge in [0.05, 0.1) is 18.6 Å². The molecule has 1 atom stereocenters. The number of ether oxygens (including phenoxy) is 2. The van der Waals surface area contributed by atoms with Gasteiger partial charge >= 0.3 is 5.97 Å². The third-order valence-corrected chi connectivity index (χ3v) is 5.28. The van der Waals surface area contributed by atoms with Crippen molar-refractivity contribution in [2.45, 2.75) is 26.6 Å². The molecule has 3 N–H and O–H groups in total. The Bertz CT molecular complexity index is 1310. The number of carbonyl (C=O) groups is 1. The second-order valence-corrected chi connectivity index (χ2v) is 8.08. The summed E-state index contributed by atoms with van der Waals surface area (Å²) in [5.41, 5.74) is 7.66. The molecule has 0 unspecified atom stereocenters. The number of esters is 1. The van der Waals surface area contributed by atoms with Crippen molar-refractivity contribution in [3.63, 3.8) is 0 Å². The summed E-state index contributed by atoms with van der Waals surface area (Å²) < 4.78 is 13.7. The molecule has 4 aromatic rings. The normalized spacial score (nSPS) is 12.7. The quantitative estimate of drug-likeness (QED) is 0.306. The van der Waals surface area contributed by atoms with Crippen LogP contribution in [-0.2, 0) is 21.0 Å². The fraction of sp³-hybridized carbons (Fsp3) is 0.333. The molecule has 0 radical (unpaired) electrons. The highest BCUT2D eigenvalue weighted by Gasteiger charge is 2.18. The van der Waals surface area contributed by atoms with Crippen LogP contribution < -0.4 is 11.3 Å². The van der Waals surface area contributed by atoms with Gasteiger partial charge < -0.3 is 20.2 Å². The van der Waals surface area contributed by atoms with Gasteiger partial charge in [0.15, 0.2) is 11.2 Å². The highest BCUT2D eigenvalue weighted by Crippen LogP contribution is 2.21. The summed E-state index contributed by atoms with van der Waals surface area (Å²) in [6.07, 6.45) is 3.17. The molecule has 0 aliphatic carbocycles. The van der Waals surface area contributed by atoms with Crippen molar-refractivity contribution in [3.05, 3.63) is 52.2 Å². The van der Waals surface area contributed by atoms with Crippen LogP contribution in [0.1, 0.15) is 13.8 Å². The van der Waals surface area contributed by atoms with Gasteiger partial charge in [-0.3, -0.25) is 14.2 Å². The van der Waals surface area contributed by atoms with Gasteiger partial charge in [0.25, 0.3) is 5.56 Å². The summed E-state index contributed by atoms with van der Waals surface area (Å²) in [6, 6.07) is 6.59.